The number of aromatic nitrogens is 2. The Morgan fingerprint density at radius 2 is 2.14 bits per heavy atom. The third-order valence-electron chi connectivity index (χ3n) is 3.50. The zero-order valence-electron chi connectivity index (χ0n) is 12.1. The van der Waals surface area contributed by atoms with E-state index in [1.807, 2.05) is 24.3 Å². The highest BCUT2D eigenvalue weighted by atomic mass is 16.5. The summed E-state index contributed by atoms with van der Waals surface area (Å²) in [6.45, 7) is 2.02. The number of hydrogen-bond donors (Lipinski definition) is 2. The van der Waals surface area contributed by atoms with Crippen LogP contribution in [0.1, 0.15) is 34.6 Å². The van der Waals surface area contributed by atoms with Gasteiger partial charge in [0.25, 0.3) is 0 Å². The molecule has 1 aromatic carbocycles. The SMILES string of the molecule is CCOC(=O)c1[nH]c2ccccc2c1[C@H](O)c1cccnc1. The highest BCUT2D eigenvalue weighted by molar-refractivity contribution is 5.98. The first-order valence-corrected chi connectivity index (χ1v) is 7.08. The molecule has 5 nitrogen and oxygen atoms in total. The van der Waals surface area contributed by atoms with Crippen LogP contribution in [-0.4, -0.2) is 27.7 Å². The molecule has 112 valence electrons. The predicted octanol–water partition coefficient (Wildman–Crippen LogP) is 2.82. The van der Waals surface area contributed by atoms with E-state index in [0.29, 0.717) is 11.1 Å². The Balaban J connectivity index is 2.17. The molecule has 2 heterocycles. The largest absolute Gasteiger partial charge is 0.461 e. The fraction of sp³-hybridized carbons (Fsp3) is 0.176. The van der Waals surface area contributed by atoms with Crippen LogP contribution in [0.4, 0.5) is 0 Å². The van der Waals surface area contributed by atoms with Crippen LogP contribution in [0.2, 0.25) is 0 Å². The van der Waals surface area contributed by atoms with Gasteiger partial charge < -0.3 is 14.8 Å². The number of carbonyl (C=O) groups is 1. The normalized spacial score (nSPS) is 12.3. The molecular weight excluding hydrogens is 280 g/mol. The van der Waals surface area contributed by atoms with Gasteiger partial charge in [-0.2, -0.15) is 0 Å². The molecule has 3 aromatic rings. The molecule has 0 spiro atoms. The third-order valence-corrected chi connectivity index (χ3v) is 3.50. The first-order valence-electron chi connectivity index (χ1n) is 7.08. The van der Waals surface area contributed by atoms with Gasteiger partial charge in [0.15, 0.2) is 0 Å². The number of hydrogen-bond acceptors (Lipinski definition) is 4. The fourth-order valence-corrected chi connectivity index (χ4v) is 2.52. The van der Waals surface area contributed by atoms with E-state index in [2.05, 4.69) is 9.97 Å². The predicted molar refractivity (Wildman–Crippen MR) is 82.6 cm³/mol. The zero-order valence-corrected chi connectivity index (χ0v) is 12.1. The molecule has 3 rings (SSSR count). The van der Waals surface area contributed by atoms with Gasteiger partial charge >= 0.3 is 5.97 Å². The van der Waals surface area contributed by atoms with Crippen molar-refractivity contribution in [2.24, 2.45) is 0 Å². The van der Waals surface area contributed by atoms with Gasteiger partial charge in [-0.15, -0.1) is 0 Å². The van der Waals surface area contributed by atoms with Crippen molar-refractivity contribution in [3.8, 4) is 0 Å². The maximum Gasteiger partial charge on any atom is 0.355 e. The van der Waals surface area contributed by atoms with Crippen molar-refractivity contribution in [2.45, 2.75) is 13.0 Å². The molecule has 1 atom stereocenters. The summed E-state index contributed by atoms with van der Waals surface area (Å²) < 4.78 is 5.09. The summed E-state index contributed by atoms with van der Waals surface area (Å²) in [6, 6.07) is 11.0. The summed E-state index contributed by atoms with van der Waals surface area (Å²) in [4.78, 5) is 19.3. The number of fused-ring (bicyclic) bond motifs is 1. The number of benzene rings is 1. The number of carbonyl (C=O) groups excluding carboxylic acids is 1. The molecule has 0 bridgehead atoms. The summed E-state index contributed by atoms with van der Waals surface area (Å²) in [6.07, 6.45) is 2.27. The molecule has 0 aliphatic rings. The van der Waals surface area contributed by atoms with Gasteiger partial charge in [-0.3, -0.25) is 4.98 Å². The summed E-state index contributed by atoms with van der Waals surface area (Å²) in [7, 11) is 0. The van der Waals surface area contributed by atoms with Crippen LogP contribution >= 0.6 is 0 Å². The van der Waals surface area contributed by atoms with Crippen LogP contribution < -0.4 is 0 Å². The van der Waals surface area contributed by atoms with Crippen molar-refractivity contribution >= 4 is 16.9 Å². The lowest BCUT2D eigenvalue weighted by Gasteiger charge is -2.12. The summed E-state index contributed by atoms with van der Waals surface area (Å²) in [5, 5.41) is 11.5. The van der Waals surface area contributed by atoms with Crippen LogP contribution in [-0.2, 0) is 4.74 Å². The minimum absolute atomic E-state index is 0.274. The van der Waals surface area contributed by atoms with E-state index in [1.165, 1.54) is 0 Å². The smallest absolute Gasteiger partial charge is 0.355 e. The van der Waals surface area contributed by atoms with Gasteiger partial charge in [0.05, 0.1) is 6.61 Å². The molecule has 22 heavy (non-hydrogen) atoms. The van der Waals surface area contributed by atoms with Gasteiger partial charge in [0.2, 0.25) is 0 Å². The van der Waals surface area contributed by atoms with E-state index in [0.717, 1.165) is 10.9 Å². The number of aromatic amines is 1. The van der Waals surface area contributed by atoms with Gasteiger partial charge in [0.1, 0.15) is 11.8 Å². The maximum atomic E-state index is 12.2. The maximum absolute atomic E-state index is 12.2. The van der Waals surface area contributed by atoms with Crippen LogP contribution in [0.5, 0.6) is 0 Å². The Kier molecular flexibility index (Phi) is 3.89. The minimum atomic E-state index is -0.954. The first-order chi connectivity index (χ1) is 10.7. The van der Waals surface area contributed by atoms with Crippen molar-refractivity contribution in [3.05, 3.63) is 65.6 Å². The molecule has 2 aromatic heterocycles. The minimum Gasteiger partial charge on any atom is -0.461 e. The van der Waals surface area contributed by atoms with E-state index in [9.17, 15) is 9.90 Å². The average Bonchev–Trinajstić information content (AvgIpc) is 2.95. The van der Waals surface area contributed by atoms with Crippen molar-refractivity contribution < 1.29 is 14.6 Å². The Labute approximate surface area is 127 Å². The highest BCUT2D eigenvalue weighted by Crippen LogP contribution is 2.32. The number of aliphatic hydroxyl groups is 1. The lowest BCUT2D eigenvalue weighted by Crippen LogP contribution is -2.11. The second kappa shape index (κ2) is 5.99. The topological polar surface area (TPSA) is 75.2 Å². The number of para-hydroxylation sites is 1. The van der Waals surface area contributed by atoms with E-state index in [-0.39, 0.29) is 12.3 Å². The molecule has 0 aliphatic heterocycles. The van der Waals surface area contributed by atoms with Crippen molar-refractivity contribution in [1.29, 1.82) is 0 Å². The molecule has 0 saturated heterocycles. The molecule has 0 saturated carbocycles. The van der Waals surface area contributed by atoms with Crippen molar-refractivity contribution in [3.63, 3.8) is 0 Å². The summed E-state index contributed by atoms with van der Waals surface area (Å²) >= 11 is 0. The Morgan fingerprint density at radius 1 is 1.32 bits per heavy atom. The molecular formula is C17H16N2O3. The Bertz CT molecular complexity index is 796. The lowest BCUT2D eigenvalue weighted by atomic mass is 9.99. The number of nitrogens with zero attached hydrogens (tertiary/aromatic N) is 1. The molecule has 2 N–H and O–H groups in total. The quantitative estimate of drug-likeness (QED) is 0.726. The number of nitrogens with one attached hydrogen (secondary N) is 1. The van der Waals surface area contributed by atoms with Crippen LogP contribution in [0.25, 0.3) is 10.9 Å². The molecule has 5 heteroatoms. The summed E-state index contributed by atoms with van der Waals surface area (Å²) in [5.41, 5.74) is 2.20. The Morgan fingerprint density at radius 3 is 2.86 bits per heavy atom. The second-order valence-corrected chi connectivity index (χ2v) is 4.87. The fourth-order valence-electron chi connectivity index (χ4n) is 2.52. The number of ether oxygens (including phenoxy) is 1. The van der Waals surface area contributed by atoms with Gasteiger partial charge in [-0.05, 0) is 19.1 Å². The number of rotatable bonds is 4. The number of esters is 1. The zero-order chi connectivity index (χ0) is 15.5. The molecule has 0 radical (unpaired) electrons. The van der Waals surface area contributed by atoms with Gasteiger partial charge in [-0.1, -0.05) is 24.3 Å². The van der Waals surface area contributed by atoms with Crippen molar-refractivity contribution in [2.75, 3.05) is 6.61 Å². The van der Waals surface area contributed by atoms with E-state index >= 15 is 0 Å². The summed E-state index contributed by atoms with van der Waals surface area (Å²) in [5.74, 6) is -0.475. The van der Waals surface area contributed by atoms with Gasteiger partial charge in [0, 0.05) is 34.4 Å². The molecule has 0 fully saturated rings. The van der Waals surface area contributed by atoms with Crippen molar-refractivity contribution in [1.82, 2.24) is 9.97 Å². The number of aliphatic hydroxyl groups excluding tert-OH is 1. The third kappa shape index (κ3) is 2.46. The first kappa shape index (κ1) is 14.3. The van der Waals surface area contributed by atoms with E-state index in [1.54, 1.807) is 31.5 Å². The molecule has 0 unspecified atom stereocenters. The number of pyridine rings is 1. The number of H-pyrrole nitrogens is 1. The highest BCUT2D eigenvalue weighted by Gasteiger charge is 2.25. The standard InChI is InChI=1S/C17H16N2O3/c1-2-22-17(21)15-14(12-7-3-4-8-13(12)19-15)16(20)11-6-5-9-18-10-11/h3-10,16,19-20H,2H2,1H3/t16-/m1/s1. The van der Waals surface area contributed by atoms with Gasteiger partial charge in [-0.25, -0.2) is 4.79 Å². The van der Waals surface area contributed by atoms with E-state index in [4.69, 9.17) is 4.74 Å². The van der Waals surface area contributed by atoms with E-state index < -0.39 is 12.1 Å². The molecule has 0 amide bonds. The lowest BCUT2D eigenvalue weighted by molar-refractivity contribution is 0.0515. The van der Waals surface area contributed by atoms with Crippen LogP contribution in [0.15, 0.2) is 48.8 Å². The monoisotopic (exact) mass is 296 g/mol. The Hall–Kier alpha value is -2.66. The second-order valence-electron chi connectivity index (χ2n) is 4.87. The van der Waals surface area contributed by atoms with Crippen LogP contribution in [0, 0.1) is 0 Å². The molecule has 0 aliphatic carbocycles. The van der Waals surface area contributed by atoms with Crippen LogP contribution in [0.3, 0.4) is 0 Å². The average molecular weight is 296 g/mol.